The minimum absolute atomic E-state index is 0.0839. The molecule has 0 aromatic carbocycles. The van der Waals surface area contributed by atoms with Gasteiger partial charge >= 0.3 is 0 Å². The number of nitrogens with two attached hydrogens (primary N) is 1. The van der Waals surface area contributed by atoms with E-state index >= 15 is 0 Å². The number of nitrogens with zero attached hydrogens (tertiary/aromatic N) is 1. The Morgan fingerprint density at radius 1 is 1.38 bits per heavy atom. The Morgan fingerprint density at radius 3 is 2.31 bits per heavy atom. The first kappa shape index (κ1) is 15.4. The summed E-state index contributed by atoms with van der Waals surface area (Å²) in [5, 5.41) is 2.90. The number of hydrogen-bond acceptors (Lipinski definition) is 3. The lowest BCUT2D eigenvalue weighted by molar-refractivity contribution is -0.122. The van der Waals surface area contributed by atoms with Gasteiger partial charge < -0.3 is 11.1 Å². The van der Waals surface area contributed by atoms with Crippen LogP contribution < -0.4 is 11.1 Å². The zero-order valence-corrected chi connectivity index (χ0v) is 11.3. The quantitative estimate of drug-likeness (QED) is 0.683. The number of carbonyl (C=O) groups is 1. The Balaban J connectivity index is 4.23. The first-order chi connectivity index (χ1) is 7.42. The Kier molecular flexibility index (Phi) is 7.34. The summed E-state index contributed by atoms with van der Waals surface area (Å²) in [6.07, 6.45) is 1.55. The van der Waals surface area contributed by atoms with Crippen molar-refractivity contribution in [2.24, 2.45) is 5.73 Å². The van der Waals surface area contributed by atoms with Crippen molar-refractivity contribution in [2.75, 3.05) is 13.6 Å². The highest BCUT2D eigenvalue weighted by Gasteiger charge is 2.20. The molecule has 0 radical (unpaired) electrons. The maximum Gasteiger partial charge on any atom is 0.221 e. The summed E-state index contributed by atoms with van der Waals surface area (Å²) in [6, 6.07) is 0.786. The van der Waals surface area contributed by atoms with E-state index in [1.54, 1.807) is 0 Å². The first-order valence-electron chi connectivity index (χ1n) is 6.13. The summed E-state index contributed by atoms with van der Waals surface area (Å²) >= 11 is 0. The van der Waals surface area contributed by atoms with Crippen LogP contribution in [0.2, 0.25) is 0 Å². The summed E-state index contributed by atoms with van der Waals surface area (Å²) in [4.78, 5) is 13.8. The fourth-order valence-corrected chi connectivity index (χ4v) is 1.64. The van der Waals surface area contributed by atoms with Crippen LogP contribution in [0.5, 0.6) is 0 Å². The molecule has 16 heavy (non-hydrogen) atoms. The van der Waals surface area contributed by atoms with Crippen molar-refractivity contribution in [3.63, 3.8) is 0 Å². The van der Waals surface area contributed by atoms with Crippen LogP contribution in [0.15, 0.2) is 0 Å². The van der Waals surface area contributed by atoms with Crippen molar-refractivity contribution in [1.29, 1.82) is 0 Å². The van der Waals surface area contributed by atoms with Crippen molar-refractivity contribution in [3.8, 4) is 0 Å². The van der Waals surface area contributed by atoms with Gasteiger partial charge in [-0.15, -0.1) is 0 Å². The van der Waals surface area contributed by atoms with Gasteiger partial charge in [0.05, 0.1) is 0 Å². The highest BCUT2D eigenvalue weighted by Crippen LogP contribution is 2.08. The molecule has 0 saturated heterocycles. The van der Waals surface area contributed by atoms with E-state index in [2.05, 4.69) is 24.1 Å². The van der Waals surface area contributed by atoms with Crippen LogP contribution in [0.1, 0.15) is 40.5 Å². The second-order valence-corrected chi connectivity index (χ2v) is 4.74. The molecule has 4 nitrogen and oxygen atoms in total. The summed E-state index contributed by atoms with van der Waals surface area (Å²) in [6.45, 7) is 8.75. The Hall–Kier alpha value is -0.610. The van der Waals surface area contributed by atoms with E-state index in [1.165, 1.54) is 0 Å². The van der Waals surface area contributed by atoms with E-state index in [0.29, 0.717) is 19.0 Å². The zero-order valence-electron chi connectivity index (χ0n) is 11.3. The van der Waals surface area contributed by atoms with Gasteiger partial charge in [0.15, 0.2) is 0 Å². The van der Waals surface area contributed by atoms with Crippen molar-refractivity contribution >= 4 is 5.91 Å². The highest BCUT2D eigenvalue weighted by atomic mass is 16.1. The topological polar surface area (TPSA) is 58.4 Å². The van der Waals surface area contributed by atoms with Gasteiger partial charge in [-0.05, 0) is 34.2 Å². The van der Waals surface area contributed by atoms with E-state index in [0.717, 1.165) is 6.42 Å². The number of hydrogen-bond donors (Lipinski definition) is 2. The number of amides is 1. The van der Waals surface area contributed by atoms with Crippen LogP contribution in [0.3, 0.4) is 0 Å². The Labute approximate surface area is 99.6 Å². The molecule has 0 aliphatic rings. The van der Waals surface area contributed by atoms with Gasteiger partial charge in [0, 0.05) is 31.1 Å². The molecule has 0 aromatic rings. The fraction of sp³-hybridized carbons (Fsp3) is 0.917. The minimum atomic E-state index is 0.0839. The van der Waals surface area contributed by atoms with E-state index in [-0.39, 0.29) is 18.0 Å². The van der Waals surface area contributed by atoms with Crippen molar-refractivity contribution < 1.29 is 4.79 Å². The molecule has 0 saturated carbocycles. The summed E-state index contributed by atoms with van der Waals surface area (Å²) < 4.78 is 0. The Morgan fingerprint density at radius 2 is 1.94 bits per heavy atom. The van der Waals surface area contributed by atoms with Gasteiger partial charge in [-0.3, -0.25) is 9.69 Å². The third-order valence-corrected chi connectivity index (χ3v) is 3.00. The third kappa shape index (κ3) is 5.47. The lowest BCUT2D eigenvalue weighted by Gasteiger charge is -2.31. The average molecular weight is 229 g/mol. The largest absolute Gasteiger partial charge is 0.354 e. The monoisotopic (exact) mass is 229 g/mol. The minimum Gasteiger partial charge on any atom is -0.354 e. The van der Waals surface area contributed by atoms with Gasteiger partial charge in [-0.2, -0.15) is 0 Å². The molecule has 0 aliphatic heterocycles. The fourth-order valence-electron chi connectivity index (χ4n) is 1.64. The molecule has 0 fully saturated rings. The Bertz CT molecular complexity index is 206. The normalized spacial score (nSPS) is 15.2. The molecule has 2 unspecified atom stereocenters. The van der Waals surface area contributed by atoms with Crippen molar-refractivity contribution in [1.82, 2.24) is 10.2 Å². The molecule has 0 rings (SSSR count). The number of nitrogens with one attached hydrogen (secondary N) is 1. The van der Waals surface area contributed by atoms with Gasteiger partial charge in [0.1, 0.15) is 0 Å². The molecule has 4 heteroatoms. The second kappa shape index (κ2) is 7.63. The smallest absolute Gasteiger partial charge is 0.221 e. The summed E-state index contributed by atoms with van der Waals surface area (Å²) in [5.74, 6) is 0.0839. The van der Waals surface area contributed by atoms with Crippen LogP contribution in [0.4, 0.5) is 0 Å². The molecule has 0 aromatic heterocycles. The maximum atomic E-state index is 11.6. The van der Waals surface area contributed by atoms with E-state index in [4.69, 9.17) is 5.73 Å². The second-order valence-electron chi connectivity index (χ2n) is 4.74. The van der Waals surface area contributed by atoms with E-state index in [1.807, 2.05) is 20.9 Å². The first-order valence-corrected chi connectivity index (χ1v) is 6.13. The molecule has 0 bridgehead atoms. The van der Waals surface area contributed by atoms with Crippen LogP contribution in [-0.4, -0.2) is 42.5 Å². The molecular weight excluding hydrogens is 202 g/mol. The standard InChI is InChI=1S/C12H27N3O/c1-6-10(4)15(5)11(8-13)7-12(16)14-9(2)3/h9-11H,6-8,13H2,1-5H3,(H,14,16). The molecule has 0 aliphatic carbocycles. The van der Waals surface area contributed by atoms with Crippen LogP contribution in [-0.2, 0) is 4.79 Å². The van der Waals surface area contributed by atoms with Gasteiger partial charge in [0.25, 0.3) is 0 Å². The number of likely N-dealkylation sites (N-methyl/N-ethyl adjacent to an activating group) is 1. The van der Waals surface area contributed by atoms with E-state index in [9.17, 15) is 4.79 Å². The predicted octanol–water partition coefficient (Wildman–Crippen LogP) is 0.959. The molecule has 0 heterocycles. The zero-order chi connectivity index (χ0) is 12.7. The molecule has 2 atom stereocenters. The van der Waals surface area contributed by atoms with Crippen LogP contribution in [0, 0.1) is 0 Å². The maximum absolute atomic E-state index is 11.6. The lowest BCUT2D eigenvalue weighted by Crippen LogP contribution is -2.46. The van der Waals surface area contributed by atoms with E-state index < -0.39 is 0 Å². The molecule has 96 valence electrons. The number of rotatable bonds is 7. The highest BCUT2D eigenvalue weighted by molar-refractivity contribution is 5.76. The molecule has 1 amide bonds. The molecule has 0 spiro atoms. The van der Waals surface area contributed by atoms with Gasteiger partial charge in [0.2, 0.25) is 5.91 Å². The summed E-state index contributed by atoms with van der Waals surface area (Å²) in [7, 11) is 2.04. The summed E-state index contributed by atoms with van der Waals surface area (Å²) in [5.41, 5.74) is 5.72. The van der Waals surface area contributed by atoms with Gasteiger partial charge in [-0.1, -0.05) is 6.92 Å². The number of carbonyl (C=O) groups excluding carboxylic acids is 1. The van der Waals surface area contributed by atoms with Crippen LogP contribution in [0.25, 0.3) is 0 Å². The third-order valence-electron chi connectivity index (χ3n) is 3.00. The van der Waals surface area contributed by atoms with Gasteiger partial charge in [-0.25, -0.2) is 0 Å². The molecule has 3 N–H and O–H groups in total. The lowest BCUT2D eigenvalue weighted by atomic mass is 10.1. The van der Waals surface area contributed by atoms with Crippen molar-refractivity contribution in [3.05, 3.63) is 0 Å². The van der Waals surface area contributed by atoms with Crippen molar-refractivity contribution in [2.45, 2.75) is 58.7 Å². The van der Waals surface area contributed by atoms with Crippen LogP contribution >= 0.6 is 0 Å². The SMILES string of the molecule is CCC(C)N(C)C(CN)CC(=O)NC(C)C. The average Bonchev–Trinajstić information content (AvgIpc) is 2.22. The molecular formula is C12H27N3O. The predicted molar refractivity (Wildman–Crippen MR) is 68.3 cm³/mol.